The number of hydrazone groups is 1. The number of fused-ring (bicyclic) bond motifs is 1. The summed E-state index contributed by atoms with van der Waals surface area (Å²) in [5.41, 5.74) is 2.95. The molecule has 0 saturated carbocycles. The molecule has 1 atom stereocenters. The number of nitrogens with zero attached hydrogens (tertiary/aromatic N) is 4. The number of sulfonamides is 1. The van der Waals surface area contributed by atoms with Gasteiger partial charge in [0, 0.05) is 5.69 Å². The average molecular weight is 425 g/mol. The monoisotopic (exact) mass is 424 g/mol. The van der Waals surface area contributed by atoms with Crippen LogP contribution >= 0.6 is 11.8 Å². The van der Waals surface area contributed by atoms with Crippen molar-refractivity contribution in [2.45, 2.75) is 13.0 Å². The van der Waals surface area contributed by atoms with E-state index in [1.165, 1.54) is 5.01 Å². The van der Waals surface area contributed by atoms with Crippen LogP contribution in [-0.4, -0.2) is 23.0 Å². The molecular weight excluding hydrogens is 408 g/mol. The number of thioether (sulfide) groups is 1. The normalized spacial score (nSPS) is 18.7. The molecule has 0 saturated heterocycles. The van der Waals surface area contributed by atoms with Gasteiger partial charge in [0.15, 0.2) is 11.0 Å². The van der Waals surface area contributed by atoms with Crippen LogP contribution in [0.15, 0.2) is 76.1 Å². The van der Waals surface area contributed by atoms with E-state index in [0.29, 0.717) is 16.6 Å². The fourth-order valence-corrected chi connectivity index (χ4v) is 4.45. The van der Waals surface area contributed by atoms with Crippen LogP contribution < -0.4 is 10.5 Å². The van der Waals surface area contributed by atoms with Crippen LogP contribution in [0.4, 0.5) is 5.69 Å². The highest BCUT2D eigenvalue weighted by atomic mass is 32.3. The van der Waals surface area contributed by atoms with Gasteiger partial charge in [0.25, 0.3) is 10.0 Å². The molecule has 0 aromatic heterocycles. The number of aliphatic imine (C=N–C) groups is 1. The van der Waals surface area contributed by atoms with Crippen LogP contribution in [0, 0.1) is 18.3 Å². The van der Waals surface area contributed by atoms with E-state index in [1.807, 2.05) is 61.5 Å². The molecule has 146 valence electrons. The second-order valence-electron chi connectivity index (χ2n) is 6.41. The number of hydrogen-bond donors (Lipinski definition) is 2. The molecule has 0 fully saturated rings. The largest absolute Gasteiger partial charge is 0.339 e. The maximum atomic E-state index is 11.8. The maximum Gasteiger partial charge on any atom is 0.264 e. The Morgan fingerprint density at radius 1 is 1.17 bits per heavy atom. The van der Waals surface area contributed by atoms with Crippen LogP contribution in [0.1, 0.15) is 17.2 Å². The van der Waals surface area contributed by atoms with Crippen molar-refractivity contribution in [1.82, 2.24) is 5.01 Å². The number of anilines is 1. The quantitative estimate of drug-likeness (QED) is 0.781. The first-order chi connectivity index (χ1) is 13.9. The lowest BCUT2D eigenvalue weighted by Crippen LogP contribution is -2.31. The minimum absolute atomic E-state index is 0.273. The Balaban J connectivity index is 1.85. The first-order valence-electron chi connectivity index (χ1n) is 8.57. The molecule has 3 N–H and O–H groups in total. The van der Waals surface area contributed by atoms with Crippen molar-refractivity contribution in [3.05, 3.63) is 77.1 Å². The Morgan fingerprint density at radius 2 is 1.86 bits per heavy atom. The van der Waals surface area contributed by atoms with Gasteiger partial charge in [0.1, 0.15) is 17.7 Å². The van der Waals surface area contributed by atoms with Crippen LogP contribution in [0.2, 0.25) is 0 Å². The van der Waals surface area contributed by atoms with E-state index < -0.39 is 16.1 Å². The minimum Gasteiger partial charge on any atom is -0.339 e. The molecule has 0 radical (unpaired) electrons. The van der Waals surface area contributed by atoms with Gasteiger partial charge in [0.2, 0.25) is 4.38 Å². The number of nitrogens with two attached hydrogens (primary N) is 1. The molecule has 0 aliphatic carbocycles. The number of nitriles is 1. The maximum absolute atomic E-state index is 11.8. The Labute approximate surface area is 172 Å². The van der Waals surface area contributed by atoms with Crippen LogP contribution in [0.3, 0.4) is 0 Å². The zero-order valence-electron chi connectivity index (χ0n) is 15.3. The predicted molar refractivity (Wildman–Crippen MR) is 114 cm³/mol. The van der Waals surface area contributed by atoms with Crippen molar-refractivity contribution < 1.29 is 8.42 Å². The Morgan fingerprint density at radius 3 is 2.48 bits per heavy atom. The van der Waals surface area contributed by atoms with E-state index in [9.17, 15) is 13.7 Å². The van der Waals surface area contributed by atoms with Crippen LogP contribution in [0.25, 0.3) is 0 Å². The molecule has 10 heteroatoms. The SMILES string of the molecule is Cc1ccc(NC2=C(C#N)C(c3ccccc3)N=C3SC(S(N)(=O)=O)=NN32)cc1. The van der Waals surface area contributed by atoms with Gasteiger partial charge in [-0.05, 0) is 36.4 Å². The van der Waals surface area contributed by atoms with Gasteiger partial charge < -0.3 is 5.32 Å². The Hall–Kier alpha value is -3.13. The number of aryl methyl sites for hydroxylation is 1. The van der Waals surface area contributed by atoms with Gasteiger partial charge >= 0.3 is 0 Å². The molecule has 1 unspecified atom stereocenters. The lowest BCUT2D eigenvalue weighted by molar-refractivity contribution is 0.538. The van der Waals surface area contributed by atoms with Gasteiger partial charge in [-0.25, -0.2) is 18.5 Å². The predicted octanol–water partition coefficient (Wildman–Crippen LogP) is 2.86. The Kier molecular flexibility index (Phi) is 4.87. The summed E-state index contributed by atoms with van der Waals surface area (Å²) in [6.07, 6.45) is 0. The fraction of sp³-hybridized carbons (Fsp3) is 0.105. The summed E-state index contributed by atoms with van der Waals surface area (Å²) >= 11 is 0.859. The topological polar surface area (TPSA) is 124 Å². The Bertz CT molecular complexity index is 1200. The third-order valence-electron chi connectivity index (χ3n) is 4.31. The van der Waals surface area contributed by atoms with Crippen molar-refractivity contribution >= 4 is 37.0 Å². The molecule has 4 rings (SSSR count). The first kappa shape index (κ1) is 19.2. The second kappa shape index (κ2) is 7.36. The van der Waals surface area contributed by atoms with Gasteiger partial charge in [-0.2, -0.15) is 10.3 Å². The van der Waals surface area contributed by atoms with Crippen molar-refractivity contribution in [3.8, 4) is 6.07 Å². The molecule has 2 aliphatic rings. The van der Waals surface area contributed by atoms with Crippen molar-refractivity contribution in [2.24, 2.45) is 15.2 Å². The highest BCUT2D eigenvalue weighted by Crippen LogP contribution is 2.39. The molecular formula is C19H16N6O2S2. The molecule has 2 aliphatic heterocycles. The van der Waals surface area contributed by atoms with Gasteiger partial charge in [-0.3, -0.25) is 0 Å². The zero-order valence-corrected chi connectivity index (χ0v) is 16.9. The molecule has 0 amide bonds. The summed E-state index contributed by atoms with van der Waals surface area (Å²) in [5, 5.41) is 24.1. The summed E-state index contributed by atoms with van der Waals surface area (Å²) in [6, 6.07) is 18.5. The molecule has 2 heterocycles. The van der Waals surface area contributed by atoms with E-state index in [-0.39, 0.29) is 4.38 Å². The highest BCUT2D eigenvalue weighted by Gasteiger charge is 2.39. The smallest absolute Gasteiger partial charge is 0.264 e. The van der Waals surface area contributed by atoms with Gasteiger partial charge in [-0.15, -0.1) is 5.10 Å². The standard InChI is InChI=1S/C19H16N6O2S2/c1-12-7-9-14(10-8-12)22-17-15(11-20)16(13-5-3-2-4-6-13)23-18-25(17)24-19(28-18)29(21,26)27/h2-10,16,22H,1H3,(H2,21,26,27). The number of benzene rings is 2. The van der Waals surface area contributed by atoms with Crippen molar-refractivity contribution in [3.63, 3.8) is 0 Å². The van der Waals surface area contributed by atoms with E-state index in [2.05, 4.69) is 21.5 Å². The van der Waals surface area contributed by atoms with Gasteiger partial charge in [-0.1, -0.05) is 48.0 Å². The molecule has 29 heavy (non-hydrogen) atoms. The molecule has 0 spiro atoms. The number of amidine groups is 1. The molecule has 2 aromatic carbocycles. The van der Waals surface area contributed by atoms with Crippen molar-refractivity contribution in [1.29, 1.82) is 5.26 Å². The molecule has 0 bridgehead atoms. The lowest BCUT2D eigenvalue weighted by atomic mass is 9.99. The molecule has 2 aromatic rings. The summed E-state index contributed by atoms with van der Waals surface area (Å²) in [4.78, 5) is 4.59. The number of hydrogen-bond acceptors (Lipinski definition) is 8. The van der Waals surface area contributed by atoms with E-state index >= 15 is 0 Å². The number of primary sulfonamides is 1. The number of nitrogens with one attached hydrogen (secondary N) is 1. The lowest BCUT2D eigenvalue weighted by Gasteiger charge is -2.28. The molecule has 8 nitrogen and oxygen atoms in total. The zero-order chi connectivity index (χ0) is 20.6. The summed E-state index contributed by atoms with van der Waals surface area (Å²) in [7, 11) is -4.01. The third-order valence-corrected chi connectivity index (χ3v) is 6.55. The summed E-state index contributed by atoms with van der Waals surface area (Å²) in [5.74, 6) is 0.348. The highest BCUT2D eigenvalue weighted by molar-refractivity contribution is 8.42. The second-order valence-corrected chi connectivity index (χ2v) is 9.11. The summed E-state index contributed by atoms with van der Waals surface area (Å²) in [6.45, 7) is 1.97. The van der Waals surface area contributed by atoms with E-state index in [0.717, 1.165) is 28.6 Å². The summed E-state index contributed by atoms with van der Waals surface area (Å²) < 4.78 is 23.4. The van der Waals surface area contributed by atoms with Crippen LogP contribution in [0.5, 0.6) is 0 Å². The van der Waals surface area contributed by atoms with Crippen molar-refractivity contribution in [2.75, 3.05) is 5.32 Å². The van der Waals surface area contributed by atoms with Crippen LogP contribution in [-0.2, 0) is 10.0 Å². The number of rotatable bonds is 3. The fourth-order valence-electron chi connectivity index (χ4n) is 2.91. The average Bonchev–Trinajstić information content (AvgIpc) is 3.15. The minimum atomic E-state index is -4.01. The van der Waals surface area contributed by atoms with E-state index in [4.69, 9.17) is 5.14 Å². The van der Waals surface area contributed by atoms with E-state index in [1.54, 1.807) is 0 Å². The van der Waals surface area contributed by atoms with Gasteiger partial charge in [0.05, 0.1) is 0 Å². The third kappa shape index (κ3) is 3.75. The first-order valence-corrected chi connectivity index (χ1v) is 10.9.